The Morgan fingerprint density at radius 2 is 2.11 bits per heavy atom. The number of carboxylic acid groups (broad SMARTS) is 1. The molecule has 0 radical (unpaired) electrons. The third-order valence-corrected chi connectivity index (χ3v) is 3.60. The third kappa shape index (κ3) is 1.92. The summed E-state index contributed by atoms with van der Waals surface area (Å²) in [6.07, 6.45) is 0. The molecule has 6 heteroatoms. The van der Waals surface area contributed by atoms with E-state index in [0.717, 1.165) is 4.88 Å². The first-order valence-corrected chi connectivity index (χ1v) is 6.35. The minimum absolute atomic E-state index is 0.0291. The average Bonchev–Trinajstić information content (AvgIpc) is 2.91. The lowest BCUT2D eigenvalue weighted by Crippen LogP contribution is -2.11. The molecule has 0 aliphatic rings. The summed E-state index contributed by atoms with van der Waals surface area (Å²) in [6, 6.07) is 8.19. The van der Waals surface area contributed by atoms with Crippen LogP contribution in [0.1, 0.15) is 10.4 Å². The number of benzene rings is 1. The van der Waals surface area contributed by atoms with Crippen LogP contribution in [-0.2, 0) is 0 Å². The van der Waals surface area contributed by atoms with E-state index in [1.807, 2.05) is 17.5 Å². The molecule has 94 valence electrons. The van der Waals surface area contributed by atoms with Gasteiger partial charge in [-0.15, -0.1) is 11.3 Å². The van der Waals surface area contributed by atoms with Crippen molar-refractivity contribution in [2.24, 2.45) is 0 Å². The molecule has 2 N–H and O–H groups in total. The SMILES string of the molecule is O=C(O)c1cccc2c(=O)[nH]c(-c3cccs3)nc12. The van der Waals surface area contributed by atoms with Gasteiger partial charge in [0.1, 0.15) is 0 Å². The molecule has 0 bridgehead atoms. The minimum atomic E-state index is -1.10. The molecule has 3 rings (SSSR count). The maximum Gasteiger partial charge on any atom is 0.337 e. The van der Waals surface area contributed by atoms with Gasteiger partial charge in [0.2, 0.25) is 0 Å². The lowest BCUT2D eigenvalue weighted by molar-refractivity contribution is 0.0699. The predicted octanol–water partition coefficient (Wildman–Crippen LogP) is 2.35. The first kappa shape index (κ1) is 11.6. The number of fused-ring (bicyclic) bond motifs is 1. The standard InChI is InChI=1S/C13H8N2O3S/c16-12-7-3-1-4-8(13(17)18)10(7)14-11(15-12)9-5-2-6-19-9/h1-6H,(H,17,18)(H,14,15,16). The Labute approximate surface area is 111 Å². The number of para-hydroxylation sites is 1. The maximum absolute atomic E-state index is 12.0. The summed E-state index contributed by atoms with van der Waals surface area (Å²) in [5.41, 5.74) is -0.0972. The number of carboxylic acids is 1. The van der Waals surface area contributed by atoms with Crippen LogP contribution in [0.2, 0.25) is 0 Å². The molecule has 0 aliphatic carbocycles. The predicted molar refractivity (Wildman–Crippen MR) is 72.6 cm³/mol. The van der Waals surface area contributed by atoms with Crippen LogP contribution in [0.5, 0.6) is 0 Å². The van der Waals surface area contributed by atoms with Crippen molar-refractivity contribution in [2.75, 3.05) is 0 Å². The molecule has 0 atom stereocenters. The van der Waals surface area contributed by atoms with Crippen molar-refractivity contribution in [1.82, 2.24) is 9.97 Å². The number of hydrogen-bond acceptors (Lipinski definition) is 4. The summed E-state index contributed by atoms with van der Waals surface area (Å²) >= 11 is 1.43. The lowest BCUT2D eigenvalue weighted by Gasteiger charge is -2.03. The van der Waals surface area contributed by atoms with Crippen LogP contribution < -0.4 is 5.56 Å². The number of aromatic amines is 1. The van der Waals surface area contributed by atoms with E-state index in [2.05, 4.69) is 9.97 Å². The highest BCUT2D eigenvalue weighted by molar-refractivity contribution is 7.13. The molecule has 1 aromatic carbocycles. The van der Waals surface area contributed by atoms with Crippen LogP contribution in [0.3, 0.4) is 0 Å². The van der Waals surface area contributed by atoms with Gasteiger partial charge in [0.15, 0.2) is 5.82 Å². The summed E-state index contributed by atoms with van der Waals surface area (Å²) in [5, 5.41) is 11.3. The van der Waals surface area contributed by atoms with Gasteiger partial charge in [0.05, 0.1) is 21.3 Å². The topological polar surface area (TPSA) is 83.0 Å². The molecule has 5 nitrogen and oxygen atoms in total. The van der Waals surface area contributed by atoms with Crippen molar-refractivity contribution in [1.29, 1.82) is 0 Å². The van der Waals surface area contributed by atoms with Crippen LogP contribution in [-0.4, -0.2) is 21.0 Å². The van der Waals surface area contributed by atoms with E-state index >= 15 is 0 Å². The van der Waals surface area contributed by atoms with Gasteiger partial charge in [-0.1, -0.05) is 12.1 Å². The molecule has 0 aliphatic heterocycles. The van der Waals surface area contributed by atoms with E-state index in [1.165, 1.54) is 23.5 Å². The number of aromatic nitrogens is 2. The normalized spacial score (nSPS) is 10.7. The Bertz CT molecular complexity index is 822. The zero-order valence-corrected chi connectivity index (χ0v) is 10.4. The summed E-state index contributed by atoms with van der Waals surface area (Å²) in [7, 11) is 0. The van der Waals surface area contributed by atoms with Gasteiger partial charge in [0, 0.05) is 0 Å². The van der Waals surface area contributed by atoms with Gasteiger partial charge < -0.3 is 10.1 Å². The number of nitrogens with one attached hydrogen (secondary N) is 1. The number of rotatable bonds is 2. The molecular formula is C13H8N2O3S. The summed E-state index contributed by atoms with van der Waals surface area (Å²) in [5.74, 6) is -0.706. The average molecular weight is 272 g/mol. The Kier molecular flexibility index (Phi) is 2.64. The molecule has 0 spiro atoms. The number of aromatic carboxylic acids is 1. The summed E-state index contributed by atoms with van der Waals surface area (Å²) < 4.78 is 0. The second-order valence-electron chi connectivity index (χ2n) is 3.90. The van der Waals surface area contributed by atoms with E-state index in [4.69, 9.17) is 5.11 Å². The molecule has 0 unspecified atom stereocenters. The van der Waals surface area contributed by atoms with Crippen molar-refractivity contribution in [3.63, 3.8) is 0 Å². The molecule has 0 saturated carbocycles. The van der Waals surface area contributed by atoms with Crippen LogP contribution in [0.15, 0.2) is 40.5 Å². The number of nitrogens with zero attached hydrogens (tertiary/aromatic N) is 1. The summed E-state index contributed by atoms with van der Waals surface area (Å²) in [4.78, 5) is 30.9. The second kappa shape index (κ2) is 4.33. The van der Waals surface area contributed by atoms with E-state index < -0.39 is 5.97 Å². The van der Waals surface area contributed by atoms with Gasteiger partial charge in [-0.05, 0) is 23.6 Å². The Morgan fingerprint density at radius 3 is 2.79 bits per heavy atom. The highest BCUT2D eigenvalue weighted by atomic mass is 32.1. The van der Waals surface area contributed by atoms with Gasteiger partial charge in [-0.25, -0.2) is 9.78 Å². The fraction of sp³-hybridized carbons (Fsp3) is 0. The molecule has 0 fully saturated rings. The lowest BCUT2D eigenvalue weighted by atomic mass is 10.1. The van der Waals surface area contributed by atoms with Gasteiger partial charge >= 0.3 is 5.97 Å². The molecule has 0 amide bonds. The smallest absolute Gasteiger partial charge is 0.337 e. The second-order valence-corrected chi connectivity index (χ2v) is 4.85. The molecule has 19 heavy (non-hydrogen) atoms. The van der Waals surface area contributed by atoms with Crippen molar-refractivity contribution in [2.45, 2.75) is 0 Å². The Morgan fingerprint density at radius 1 is 1.26 bits per heavy atom. The third-order valence-electron chi connectivity index (χ3n) is 2.72. The number of hydrogen-bond donors (Lipinski definition) is 2. The van der Waals surface area contributed by atoms with Crippen LogP contribution >= 0.6 is 11.3 Å². The zero-order valence-electron chi connectivity index (χ0n) is 9.58. The van der Waals surface area contributed by atoms with Crippen molar-refractivity contribution < 1.29 is 9.90 Å². The monoisotopic (exact) mass is 272 g/mol. The van der Waals surface area contributed by atoms with Gasteiger partial charge in [0.25, 0.3) is 5.56 Å². The van der Waals surface area contributed by atoms with Crippen molar-refractivity contribution >= 4 is 28.2 Å². The van der Waals surface area contributed by atoms with E-state index in [0.29, 0.717) is 5.82 Å². The first-order valence-electron chi connectivity index (χ1n) is 5.47. The van der Waals surface area contributed by atoms with Crippen LogP contribution in [0, 0.1) is 0 Å². The fourth-order valence-corrected chi connectivity index (χ4v) is 2.53. The quantitative estimate of drug-likeness (QED) is 0.750. The summed E-state index contributed by atoms with van der Waals surface area (Å²) in [6.45, 7) is 0. The molecule has 3 aromatic rings. The van der Waals surface area contributed by atoms with E-state index in [-0.39, 0.29) is 22.0 Å². The van der Waals surface area contributed by atoms with Crippen LogP contribution in [0.4, 0.5) is 0 Å². The van der Waals surface area contributed by atoms with Crippen molar-refractivity contribution in [3.8, 4) is 10.7 Å². The van der Waals surface area contributed by atoms with Crippen LogP contribution in [0.25, 0.3) is 21.6 Å². The number of thiophene rings is 1. The highest BCUT2D eigenvalue weighted by Gasteiger charge is 2.13. The highest BCUT2D eigenvalue weighted by Crippen LogP contribution is 2.22. The minimum Gasteiger partial charge on any atom is -0.478 e. The van der Waals surface area contributed by atoms with Gasteiger partial charge in [-0.3, -0.25) is 4.79 Å². The van der Waals surface area contributed by atoms with E-state index in [9.17, 15) is 9.59 Å². The molecule has 2 aromatic heterocycles. The zero-order chi connectivity index (χ0) is 13.4. The molecule has 2 heterocycles. The largest absolute Gasteiger partial charge is 0.478 e. The maximum atomic E-state index is 12.0. The fourth-order valence-electron chi connectivity index (χ4n) is 1.86. The first-order chi connectivity index (χ1) is 9.16. The molecule has 0 saturated heterocycles. The van der Waals surface area contributed by atoms with Crippen molar-refractivity contribution in [3.05, 3.63) is 51.6 Å². The Balaban J connectivity index is 2.38. The number of H-pyrrole nitrogens is 1. The van der Waals surface area contributed by atoms with E-state index in [1.54, 1.807) is 6.07 Å². The molecular weight excluding hydrogens is 264 g/mol. The van der Waals surface area contributed by atoms with Gasteiger partial charge in [-0.2, -0.15) is 0 Å². The Hall–Kier alpha value is -2.47. The number of carbonyl (C=O) groups is 1.